The van der Waals surface area contributed by atoms with Crippen LogP contribution in [0, 0.1) is 6.92 Å². The fourth-order valence-electron chi connectivity index (χ4n) is 2.37. The molecule has 0 fully saturated rings. The van der Waals surface area contributed by atoms with Crippen LogP contribution in [0.3, 0.4) is 0 Å². The molecule has 0 radical (unpaired) electrons. The van der Waals surface area contributed by atoms with Crippen LogP contribution in [0.25, 0.3) is 0 Å². The van der Waals surface area contributed by atoms with E-state index >= 15 is 0 Å². The Morgan fingerprint density at radius 3 is 2.42 bits per heavy atom. The largest absolute Gasteiger partial charge is 0.346 e. The van der Waals surface area contributed by atoms with Crippen molar-refractivity contribution in [1.29, 1.82) is 0 Å². The van der Waals surface area contributed by atoms with Crippen LogP contribution in [0.4, 0.5) is 5.69 Å². The Balaban J connectivity index is 1.76. The Labute approximate surface area is 163 Å². The smallest absolute Gasteiger partial charge is 0.243 e. The number of amides is 2. The van der Waals surface area contributed by atoms with Crippen LogP contribution in [-0.4, -0.2) is 36.9 Å². The normalized spacial score (nSPS) is 10.7. The molecule has 0 atom stereocenters. The molecule has 0 aliphatic carbocycles. The van der Waals surface area contributed by atoms with Crippen LogP contribution in [0.1, 0.15) is 11.1 Å². The fourth-order valence-corrected chi connectivity index (χ4v) is 2.68. The third-order valence-corrected chi connectivity index (χ3v) is 4.43. The zero-order valence-electron chi connectivity index (χ0n) is 14.7. The second-order valence-corrected chi connectivity index (χ2v) is 6.88. The lowest BCUT2D eigenvalue weighted by Crippen LogP contribution is -2.39. The minimum atomic E-state index is -0.302. The number of hydrogen-bond donors (Lipinski definition) is 2. The molecular weight excluding hydrogens is 373 g/mol. The summed E-state index contributed by atoms with van der Waals surface area (Å²) in [5, 5.41) is 6.61. The quantitative estimate of drug-likeness (QED) is 0.756. The van der Waals surface area contributed by atoms with Crippen LogP contribution >= 0.6 is 23.2 Å². The molecule has 0 bridgehead atoms. The summed E-state index contributed by atoms with van der Waals surface area (Å²) in [5.41, 5.74) is 2.48. The molecule has 0 saturated carbocycles. The van der Waals surface area contributed by atoms with Gasteiger partial charge in [0, 0.05) is 22.3 Å². The minimum absolute atomic E-state index is 0.0976. The van der Waals surface area contributed by atoms with Crippen molar-refractivity contribution < 1.29 is 9.59 Å². The van der Waals surface area contributed by atoms with Crippen molar-refractivity contribution in [3.05, 3.63) is 63.6 Å². The Morgan fingerprint density at radius 1 is 1.04 bits per heavy atom. The predicted octanol–water partition coefficient (Wildman–Crippen LogP) is 3.49. The van der Waals surface area contributed by atoms with E-state index in [0.717, 1.165) is 11.1 Å². The molecule has 0 saturated heterocycles. The highest BCUT2D eigenvalue weighted by Crippen LogP contribution is 2.22. The maximum atomic E-state index is 12.0. The molecule has 2 aromatic carbocycles. The highest BCUT2D eigenvalue weighted by Gasteiger charge is 2.10. The van der Waals surface area contributed by atoms with Crippen molar-refractivity contribution in [2.75, 3.05) is 25.5 Å². The van der Waals surface area contributed by atoms with Gasteiger partial charge in [-0.3, -0.25) is 14.5 Å². The van der Waals surface area contributed by atoms with Crippen LogP contribution in [-0.2, 0) is 16.1 Å². The number of carbonyl (C=O) groups is 2. The van der Waals surface area contributed by atoms with Gasteiger partial charge in [0.2, 0.25) is 11.8 Å². The molecule has 2 amide bonds. The highest BCUT2D eigenvalue weighted by molar-refractivity contribution is 6.31. The van der Waals surface area contributed by atoms with Gasteiger partial charge >= 0.3 is 0 Å². The van der Waals surface area contributed by atoms with E-state index in [0.29, 0.717) is 22.3 Å². The van der Waals surface area contributed by atoms with Crippen molar-refractivity contribution in [3.63, 3.8) is 0 Å². The van der Waals surface area contributed by atoms with Crippen molar-refractivity contribution in [2.45, 2.75) is 13.5 Å². The summed E-state index contributed by atoms with van der Waals surface area (Å²) in [6.45, 7) is 2.52. The second-order valence-electron chi connectivity index (χ2n) is 6.04. The lowest BCUT2D eigenvalue weighted by atomic mass is 10.2. The average molecular weight is 394 g/mol. The number of anilines is 1. The Kier molecular flexibility index (Phi) is 7.45. The lowest BCUT2D eigenvalue weighted by Gasteiger charge is -2.16. The molecule has 0 heterocycles. The number of likely N-dealkylation sites (N-methyl/N-ethyl adjacent to an activating group) is 1. The maximum absolute atomic E-state index is 12.0. The van der Waals surface area contributed by atoms with Gasteiger partial charge in [-0.1, -0.05) is 41.4 Å². The Morgan fingerprint density at radius 2 is 1.73 bits per heavy atom. The fraction of sp³-hybridized carbons (Fsp3) is 0.263. The first-order chi connectivity index (χ1) is 12.3. The number of nitrogens with one attached hydrogen (secondary N) is 2. The molecule has 0 spiro atoms. The van der Waals surface area contributed by atoms with Crippen molar-refractivity contribution in [2.24, 2.45) is 0 Å². The van der Waals surface area contributed by atoms with Crippen molar-refractivity contribution in [1.82, 2.24) is 10.2 Å². The van der Waals surface area contributed by atoms with Gasteiger partial charge in [0.25, 0.3) is 0 Å². The van der Waals surface area contributed by atoms with Gasteiger partial charge in [-0.2, -0.15) is 0 Å². The van der Waals surface area contributed by atoms with Gasteiger partial charge in [0.05, 0.1) is 13.1 Å². The summed E-state index contributed by atoms with van der Waals surface area (Å²) in [4.78, 5) is 25.9. The molecule has 138 valence electrons. The molecule has 0 unspecified atom stereocenters. The van der Waals surface area contributed by atoms with Gasteiger partial charge in [0.1, 0.15) is 0 Å². The SMILES string of the molecule is Cc1c(Cl)cccc1NC(=O)CNC(=O)CN(C)Cc1ccc(Cl)cc1. The average Bonchev–Trinajstić information content (AvgIpc) is 2.59. The third kappa shape index (κ3) is 6.33. The van der Waals surface area contributed by atoms with E-state index in [9.17, 15) is 9.59 Å². The molecule has 0 aromatic heterocycles. The Bertz CT molecular complexity index is 779. The third-order valence-electron chi connectivity index (χ3n) is 3.77. The maximum Gasteiger partial charge on any atom is 0.243 e. The summed E-state index contributed by atoms with van der Waals surface area (Å²) < 4.78 is 0. The van der Waals surface area contributed by atoms with E-state index < -0.39 is 0 Å². The topological polar surface area (TPSA) is 61.4 Å². The van der Waals surface area contributed by atoms with Crippen LogP contribution < -0.4 is 10.6 Å². The van der Waals surface area contributed by atoms with Crippen LogP contribution in [0.15, 0.2) is 42.5 Å². The van der Waals surface area contributed by atoms with E-state index in [2.05, 4.69) is 10.6 Å². The molecule has 5 nitrogen and oxygen atoms in total. The summed E-state index contributed by atoms with van der Waals surface area (Å²) in [7, 11) is 1.84. The van der Waals surface area contributed by atoms with E-state index in [1.54, 1.807) is 18.2 Å². The molecule has 7 heteroatoms. The van der Waals surface area contributed by atoms with Gasteiger partial charge in [-0.25, -0.2) is 0 Å². The van der Waals surface area contributed by atoms with E-state index in [-0.39, 0.29) is 24.9 Å². The number of hydrogen-bond acceptors (Lipinski definition) is 3. The van der Waals surface area contributed by atoms with Crippen LogP contribution in [0.5, 0.6) is 0 Å². The van der Waals surface area contributed by atoms with Crippen molar-refractivity contribution >= 4 is 40.7 Å². The van der Waals surface area contributed by atoms with E-state index in [1.807, 2.05) is 43.1 Å². The van der Waals surface area contributed by atoms with Gasteiger partial charge in [0.15, 0.2) is 0 Å². The highest BCUT2D eigenvalue weighted by atomic mass is 35.5. The number of carbonyl (C=O) groups excluding carboxylic acids is 2. The zero-order chi connectivity index (χ0) is 19.1. The van der Waals surface area contributed by atoms with E-state index in [4.69, 9.17) is 23.2 Å². The van der Waals surface area contributed by atoms with Crippen LogP contribution in [0.2, 0.25) is 10.0 Å². The predicted molar refractivity (Wildman–Crippen MR) is 106 cm³/mol. The monoisotopic (exact) mass is 393 g/mol. The number of halogens is 2. The number of benzene rings is 2. The van der Waals surface area contributed by atoms with Gasteiger partial charge in [-0.15, -0.1) is 0 Å². The lowest BCUT2D eigenvalue weighted by molar-refractivity contribution is -0.124. The number of nitrogens with zero attached hydrogens (tertiary/aromatic N) is 1. The molecular formula is C19H21Cl2N3O2. The Hall–Kier alpha value is -2.08. The molecule has 2 rings (SSSR count). The molecule has 26 heavy (non-hydrogen) atoms. The second kappa shape index (κ2) is 9.57. The molecule has 0 aliphatic heterocycles. The summed E-state index contributed by atoms with van der Waals surface area (Å²) in [5.74, 6) is -0.525. The summed E-state index contributed by atoms with van der Waals surface area (Å²) in [6, 6.07) is 12.7. The first-order valence-electron chi connectivity index (χ1n) is 8.10. The standard InChI is InChI=1S/C19H21Cl2N3O2/c1-13-16(21)4-3-5-17(13)23-18(25)10-22-19(26)12-24(2)11-14-6-8-15(20)9-7-14/h3-9H,10-12H2,1-2H3,(H,22,26)(H,23,25). The van der Waals surface area contributed by atoms with E-state index in [1.165, 1.54) is 0 Å². The summed E-state index contributed by atoms with van der Waals surface area (Å²) >= 11 is 11.9. The number of rotatable bonds is 7. The molecule has 0 aliphatic rings. The molecule has 2 aromatic rings. The zero-order valence-corrected chi connectivity index (χ0v) is 16.2. The summed E-state index contributed by atoms with van der Waals surface area (Å²) in [6.07, 6.45) is 0. The minimum Gasteiger partial charge on any atom is -0.346 e. The first kappa shape index (κ1) is 20.2. The van der Waals surface area contributed by atoms with Gasteiger partial charge < -0.3 is 10.6 Å². The van der Waals surface area contributed by atoms with Crippen molar-refractivity contribution in [3.8, 4) is 0 Å². The van der Waals surface area contributed by atoms with Gasteiger partial charge in [-0.05, 0) is 49.4 Å². The molecule has 2 N–H and O–H groups in total. The first-order valence-corrected chi connectivity index (χ1v) is 8.85.